The average molecular weight is 372 g/mol. The number of nitrogens with two attached hydrogens (primary N) is 1. The topological polar surface area (TPSA) is 118 Å². The fourth-order valence-electron chi connectivity index (χ4n) is 2.98. The highest BCUT2D eigenvalue weighted by molar-refractivity contribution is 7.89. The van der Waals surface area contributed by atoms with E-state index in [0.29, 0.717) is 11.3 Å². The van der Waals surface area contributed by atoms with Crippen molar-refractivity contribution in [2.75, 3.05) is 4.90 Å². The van der Waals surface area contributed by atoms with E-state index in [9.17, 15) is 23.1 Å². The first-order valence-corrected chi connectivity index (χ1v) is 9.22. The van der Waals surface area contributed by atoms with Crippen LogP contribution in [0, 0.1) is 0 Å². The van der Waals surface area contributed by atoms with Crippen LogP contribution in [0.2, 0.25) is 0 Å². The monoisotopic (exact) mass is 372 g/mol. The van der Waals surface area contributed by atoms with Gasteiger partial charge in [-0.25, -0.2) is 13.6 Å². The third kappa shape index (κ3) is 3.00. The summed E-state index contributed by atoms with van der Waals surface area (Å²) in [6, 6.07) is 13.3. The first kappa shape index (κ1) is 17.8. The Balaban J connectivity index is 2.13. The summed E-state index contributed by atoms with van der Waals surface area (Å²) in [5, 5.41) is 15.3. The van der Waals surface area contributed by atoms with Crippen molar-refractivity contribution in [1.82, 2.24) is 0 Å². The zero-order chi connectivity index (χ0) is 19.1. The van der Waals surface area contributed by atoms with Gasteiger partial charge >= 0.3 is 0 Å². The number of amides is 1. The van der Waals surface area contributed by atoms with E-state index in [1.807, 2.05) is 0 Å². The van der Waals surface area contributed by atoms with E-state index in [0.717, 1.165) is 0 Å². The van der Waals surface area contributed by atoms with Crippen molar-refractivity contribution in [3.05, 3.63) is 71.5 Å². The molecular weight excluding hydrogens is 356 g/mol. The predicted molar refractivity (Wildman–Crippen MR) is 94.8 cm³/mol. The number of ketones is 1. The molecular formula is C18H16N2O5S. The second-order valence-corrected chi connectivity index (χ2v) is 7.41. The highest BCUT2D eigenvalue weighted by Gasteiger charge is 2.43. The number of hydrogen-bond acceptors (Lipinski definition) is 5. The minimum Gasteiger partial charge on any atom is -0.503 e. The first-order valence-electron chi connectivity index (χ1n) is 7.67. The van der Waals surface area contributed by atoms with Crippen LogP contribution in [-0.4, -0.2) is 25.2 Å². The predicted octanol–water partition coefficient (Wildman–Crippen LogP) is 1.82. The van der Waals surface area contributed by atoms with Gasteiger partial charge in [0.15, 0.2) is 11.5 Å². The third-order valence-electron chi connectivity index (χ3n) is 4.15. The summed E-state index contributed by atoms with van der Waals surface area (Å²) in [7, 11) is -3.87. The molecule has 3 N–H and O–H groups in total. The van der Waals surface area contributed by atoms with Gasteiger partial charge in [0.1, 0.15) is 0 Å². The Morgan fingerprint density at radius 1 is 1.08 bits per heavy atom. The second-order valence-electron chi connectivity index (χ2n) is 5.85. The lowest BCUT2D eigenvalue weighted by Gasteiger charge is -2.26. The highest BCUT2D eigenvalue weighted by Crippen LogP contribution is 2.40. The fourth-order valence-corrected chi connectivity index (χ4v) is 3.49. The van der Waals surface area contributed by atoms with Gasteiger partial charge < -0.3 is 5.11 Å². The molecule has 8 heteroatoms. The summed E-state index contributed by atoms with van der Waals surface area (Å²) in [4.78, 5) is 25.8. The molecule has 7 nitrogen and oxygen atoms in total. The van der Waals surface area contributed by atoms with Crippen LogP contribution in [0.3, 0.4) is 0 Å². The lowest BCUT2D eigenvalue weighted by atomic mass is 9.96. The number of aliphatic hydroxyl groups is 1. The summed E-state index contributed by atoms with van der Waals surface area (Å²) in [6.45, 7) is 1.28. The number of primary sulfonamides is 1. The number of hydrogen-bond donors (Lipinski definition) is 2. The molecule has 0 aromatic heterocycles. The van der Waals surface area contributed by atoms with Crippen LogP contribution in [0.15, 0.2) is 70.8 Å². The molecule has 2 aromatic rings. The smallest absolute Gasteiger partial charge is 0.294 e. The van der Waals surface area contributed by atoms with E-state index < -0.39 is 33.5 Å². The quantitative estimate of drug-likeness (QED) is 0.849. The SMILES string of the molecule is CC(=O)C1=C(O)C(=O)N(c2ccc(S(N)(=O)=O)cc2)C1c1ccccc1. The number of carbonyl (C=O) groups excluding carboxylic acids is 2. The van der Waals surface area contributed by atoms with Gasteiger partial charge in [-0.15, -0.1) is 0 Å². The number of carbonyl (C=O) groups is 2. The number of nitrogens with zero attached hydrogens (tertiary/aromatic N) is 1. The Morgan fingerprint density at radius 3 is 2.15 bits per heavy atom. The van der Waals surface area contributed by atoms with Gasteiger partial charge in [0.05, 0.1) is 16.5 Å². The van der Waals surface area contributed by atoms with Crippen LogP contribution in [-0.2, 0) is 19.6 Å². The zero-order valence-electron chi connectivity index (χ0n) is 13.8. The molecule has 134 valence electrons. The van der Waals surface area contributed by atoms with E-state index in [1.165, 1.54) is 36.1 Å². The van der Waals surface area contributed by atoms with Crippen molar-refractivity contribution in [2.24, 2.45) is 5.14 Å². The van der Waals surface area contributed by atoms with Crippen LogP contribution >= 0.6 is 0 Å². The zero-order valence-corrected chi connectivity index (χ0v) is 14.6. The Kier molecular flexibility index (Phi) is 4.39. The Bertz CT molecular complexity index is 1010. The van der Waals surface area contributed by atoms with Gasteiger partial charge in [-0.1, -0.05) is 30.3 Å². The fraction of sp³-hybridized carbons (Fsp3) is 0.111. The number of Topliss-reactive ketones (excluding diaryl/α,β-unsaturated/α-hetero) is 1. The van der Waals surface area contributed by atoms with Gasteiger partial charge in [-0.05, 0) is 36.8 Å². The molecule has 0 saturated heterocycles. The molecule has 0 bridgehead atoms. The molecule has 26 heavy (non-hydrogen) atoms. The number of sulfonamides is 1. The minimum absolute atomic E-state index is 0.00303. The molecule has 0 radical (unpaired) electrons. The molecule has 0 aliphatic carbocycles. The van der Waals surface area contributed by atoms with E-state index in [2.05, 4.69) is 0 Å². The molecule has 1 unspecified atom stereocenters. The maximum Gasteiger partial charge on any atom is 0.294 e. The second kappa shape index (κ2) is 6.40. The Hall–Kier alpha value is -2.97. The van der Waals surface area contributed by atoms with Gasteiger partial charge in [-0.2, -0.15) is 0 Å². The van der Waals surface area contributed by atoms with Gasteiger partial charge in [0, 0.05) is 5.69 Å². The van der Waals surface area contributed by atoms with E-state index >= 15 is 0 Å². The van der Waals surface area contributed by atoms with Crippen molar-refractivity contribution in [3.63, 3.8) is 0 Å². The van der Waals surface area contributed by atoms with Crippen LogP contribution < -0.4 is 10.0 Å². The molecule has 3 rings (SSSR count). The largest absolute Gasteiger partial charge is 0.503 e. The molecule has 1 aliphatic heterocycles. The van der Waals surface area contributed by atoms with Gasteiger partial charge in [0.25, 0.3) is 5.91 Å². The molecule has 1 amide bonds. The first-order chi connectivity index (χ1) is 12.2. The van der Waals surface area contributed by atoms with Crippen LogP contribution in [0.4, 0.5) is 5.69 Å². The minimum atomic E-state index is -3.87. The van der Waals surface area contributed by atoms with Crippen molar-refractivity contribution >= 4 is 27.4 Å². The summed E-state index contributed by atoms with van der Waals surface area (Å²) >= 11 is 0. The number of rotatable bonds is 4. The molecule has 1 heterocycles. The lowest BCUT2D eigenvalue weighted by Crippen LogP contribution is -2.30. The van der Waals surface area contributed by atoms with Crippen molar-refractivity contribution in [2.45, 2.75) is 17.9 Å². The van der Waals surface area contributed by atoms with E-state index in [4.69, 9.17) is 5.14 Å². The van der Waals surface area contributed by atoms with Crippen LogP contribution in [0.25, 0.3) is 0 Å². The maximum absolute atomic E-state index is 12.6. The Morgan fingerprint density at radius 2 is 1.65 bits per heavy atom. The molecule has 2 aromatic carbocycles. The molecule has 1 aliphatic rings. The van der Waals surface area contributed by atoms with Crippen molar-refractivity contribution < 1.29 is 23.1 Å². The number of benzene rings is 2. The van der Waals surface area contributed by atoms with E-state index in [-0.39, 0.29) is 10.5 Å². The normalized spacial score (nSPS) is 17.7. The van der Waals surface area contributed by atoms with Gasteiger partial charge in [-0.3, -0.25) is 14.5 Å². The molecule has 0 spiro atoms. The third-order valence-corrected chi connectivity index (χ3v) is 5.08. The van der Waals surface area contributed by atoms with Gasteiger partial charge in [0.2, 0.25) is 10.0 Å². The summed E-state index contributed by atoms with van der Waals surface area (Å²) < 4.78 is 22.8. The number of anilines is 1. The molecule has 0 saturated carbocycles. The van der Waals surface area contributed by atoms with Crippen LogP contribution in [0.5, 0.6) is 0 Å². The maximum atomic E-state index is 12.6. The highest BCUT2D eigenvalue weighted by atomic mass is 32.2. The van der Waals surface area contributed by atoms with Crippen molar-refractivity contribution in [3.8, 4) is 0 Å². The molecule has 1 atom stereocenters. The number of aliphatic hydroxyl groups excluding tert-OH is 1. The summed E-state index contributed by atoms with van der Waals surface area (Å²) in [6.07, 6.45) is 0. The Labute approximate surface area is 150 Å². The van der Waals surface area contributed by atoms with Crippen molar-refractivity contribution in [1.29, 1.82) is 0 Å². The lowest BCUT2D eigenvalue weighted by molar-refractivity contribution is -0.117. The molecule has 0 fully saturated rings. The summed E-state index contributed by atoms with van der Waals surface area (Å²) in [5.41, 5.74) is 0.974. The average Bonchev–Trinajstić information content (AvgIpc) is 2.87. The van der Waals surface area contributed by atoms with Crippen LogP contribution in [0.1, 0.15) is 18.5 Å². The summed E-state index contributed by atoms with van der Waals surface area (Å²) in [5.74, 6) is -1.76. The van der Waals surface area contributed by atoms with E-state index in [1.54, 1.807) is 30.3 Å². The standard InChI is InChI=1S/C18H16N2O5S/c1-11(21)15-16(12-5-3-2-4-6-12)20(18(23)17(15)22)13-7-9-14(10-8-13)26(19,24)25/h2-10,16,22H,1H3,(H2,19,24,25).